The second kappa shape index (κ2) is 5.95. The third-order valence-corrected chi connectivity index (χ3v) is 2.30. The Balaban J connectivity index is 2.11. The Labute approximate surface area is 109 Å². The van der Waals surface area contributed by atoms with Crippen molar-refractivity contribution in [3.05, 3.63) is 54.0 Å². The average Bonchev–Trinajstić information content (AvgIpc) is 2.42. The van der Waals surface area contributed by atoms with Gasteiger partial charge in [-0.25, -0.2) is 14.2 Å². The number of pyridine rings is 1. The van der Waals surface area contributed by atoms with Gasteiger partial charge in [0.05, 0.1) is 12.2 Å². The molecule has 0 spiro atoms. The Morgan fingerprint density at radius 1 is 1.26 bits per heavy atom. The molecule has 0 unspecified atom stereocenters. The van der Waals surface area contributed by atoms with Crippen LogP contribution in [0.5, 0.6) is 11.6 Å². The molecule has 98 valence electrons. The lowest BCUT2D eigenvalue weighted by molar-refractivity contribution is 0.0526. The molecular weight excluding hydrogens is 249 g/mol. The van der Waals surface area contributed by atoms with Gasteiger partial charge in [0, 0.05) is 12.3 Å². The number of para-hydroxylation sites is 1. The molecule has 0 aliphatic rings. The molecule has 0 aliphatic carbocycles. The highest BCUT2D eigenvalue weighted by molar-refractivity contribution is 5.89. The fourth-order valence-electron chi connectivity index (χ4n) is 1.42. The molecule has 0 saturated carbocycles. The maximum Gasteiger partial charge on any atom is 0.339 e. The predicted octanol–water partition coefficient (Wildman–Crippen LogP) is 3.19. The topological polar surface area (TPSA) is 48.4 Å². The summed E-state index contributed by atoms with van der Waals surface area (Å²) in [4.78, 5) is 15.3. The molecule has 2 aromatic rings. The van der Waals surface area contributed by atoms with Crippen molar-refractivity contribution in [2.45, 2.75) is 6.92 Å². The van der Waals surface area contributed by atoms with Crippen molar-refractivity contribution in [3.63, 3.8) is 0 Å². The number of rotatable bonds is 4. The summed E-state index contributed by atoms with van der Waals surface area (Å²) >= 11 is 0. The second-order valence-electron chi connectivity index (χ2n) is 3.64. The lowest BCUT2D eigenvalue weighted by Gasteiger charge is -2.06. The average molecular weight is 261 g/mol. The van der Waals surface area contributed by atoms with Crippen molar-refractivity contribution < 1.29 is 18.7 Å². The van der Waals surface area contributed by atoms with E-state index in [1.54, 1.807) is 19.1 Å². The smallest absolute Gasteiger partial charge is 0.339 e. The van der Waals surface area contributed by atoms with Crippen molar-refractivity contribution in [2.24, 2.45) is 0 Å². The number of benzene rings is 1. The molecule has 1 aromatic heterocycles. The van der Waals surface area contributed by atoms with Crippen LogP contribution in [0.2, 0.25) is 0 Å². The predicted molar refractivity (Wildman–Crippen MR) is 66.7 cm³/mol. The number of aromatic nitrogens is 1. The normalized spacial score (nSPS) is 10.0. The van der Waals surface area contributed by atoms with Gasteiger partial charge in [0.2, 0.25) is 5.88 Å². The maximum atomic E-state index is 13.4. The Morgan fingerprint density at radius 3 is 2.68 bits per heavy atom. The number of halogens is 1. The number of esters is 1. The van der Waals surface area contributed by atoms with Crippen LogP contribution in [-0.2, 0) is 4.74 Å². The summed E-state index contributed by atoms with van der Waals surface area (Å²) in [6.07, 6.45) is 1.33. The van der Waals surface area contributed by atoms with Crippen LogP contribution in [0.25, 0.3) is 0 Å². The molecule has 0 bridgehead atoms. The van der Waals surface area contributed by atoms with E-state index in [1.165, 1.54) is 30.5 Å². The summed E-state index contributed by atoms with van der Waals surface area (Å²) in [5, 5.41) is 0. The zero-order chi connectivity index (χ0) is 13.7. The van der Waals surface area contributed by atoms with Crippen LogP contribution in [0.15, 0.2) is 42.6 Å². The van der Waals surface area contributed by atoms with E-state index in [4.69, 9.17) is 9.47 Å². The quantitative estimate of drug-likeness (QED) is 0.793. The van der Waals surface area contributed by atoms with Crippen LogP contribution in [0.3, 0.4) is 0 Å². The molecule has 2 rings (SSSR count). The van der Waals surface area contributed by atoms with Gasteiger partial charge in [-0.2, -0.15) is 0 Å². The number of nitrogens with zero attached hydrogens (tertiary/aromatic N) is 1. The fraction of sp³-hybridized carbons (Fsp3) is 0.143. The first-order valence-corrected chi connectivity index (χ1v) is 5.76. The Bertz CT molecular complexity index is 569. The Kier molecular flexibility index (Phi) is 4.07. The van der Waals surface area contributed by atoms with E-state index in [9.17, 15) is 9.18 Å². The van der Waals surface area contributed by atoms with Gasteiger partial charge >= 0.3 is 5.97 Å². The van der Waals surface area contributed by atoms with Crippen LogP contribution in [0.1, 0.15) is 17.3 Å². The summed E-state index contributed by atoms with van der Waals surface area (Å²) in [5.74, 6) is -0.636. The molecule has 0 radical (unpaired) electrons. The van der Waals surface area contributed by atoms with Crippen molar-refractivity contribution in [2.75, 3.05) is 6.61 Å². The van der Waals surface area contributed by atoms with Gasteiger partial charge in [-0.15, -0.1) is 0 Å². The summed E-state index contributed by atoms with van der Waals surface area (Å²) in [6, 6.07) is 9.02. The highest BCUT2D eigenvalue weighted by Gasteiger charge is 2.08. The minimum Gasteiger partial charge on any atom is -0.462 e. The van der Waals surface area contributed by atoms with Gasteiger partial charge in [-0.05, 0) is 25.1 Å². The van der Waals surface area contributed by atoms with E-state index in [0.29, 0.717) is 12.2 Å². The van der Waals surface area contributed by atoms with E-state index in [2.05, 4.69) is 4.98 Å². The number of hydrogen-bond donors (Lipinski definition) is 0. The molecule has 0 N–H and O–H groups in total. The van der Waals surface area contributed by atoms with E-state index < -0.39 is 11.8 Å². The van der Waals surface area contributed by atoms with E-state index >= 15 is 0 Å². The highest BCUT2D eigenvalue weighted by atomic mass is 19.1. The number of ether oxygens (including phenoxy) is 2. The van der Waals surface area contributed by atoms with Gasteiger partial charge in [-0.1, -0.05) is 12.1 Å². The van der Waals surface area contributed by atoms with E-state index in [1.807, 2.05) is 0 Å². The van der Waals surface area contributed by atoms with Crippen LogP contribution in [0, 0.1) is 5.82 Å². The molecule has 1 heterocycles. The SMILES string of the molecule is CCOC(=O)c1ccc(Oc2ccccc2F)nc1. The molecule has 0 aliphatic heterocycles. The molecule has 5 heteroatoms. The molecule has 0 atom stereocenters. The Hall–Kier alpha value is -2.43. The standard InChI is InChI=1S/C14H12FNO3/c1-2-18-14(17)10-7-8-13(16-9-10)19-12-6-4-3-5-11(12)15/h3-9H,2H2,1H3. The molecule has 0 fully saturated rings. The van der Waals surface area contributed by atoms with Crippen molar-refractivity contribution in [3.8, 4) is 11.6 Å². The first-order chi connectivity index (χ1) is 9.20. The lowest BCUT2D eigenvalue weighted by atomic mass is 10.3. The number of carbonyl (C=O) groups excluding carboxylic acids is 1. The number of carbonyl (C=O) groups is 1. The minimum absolute atomic E-state index is 0.0823. The third-order valence-electron chi connectivity index (χ3n) is 2.30. The van der Waals surface area contributed by atoms with Gasteiger partial charge in [-0.3, -0.25) is 0 Å². The van der Waals surface area contributed by atoms with Crippen LogP contribution >= 0.6 is 0 Å². The Morgan fingerprint density at radius 2 is 2.05 bits per heavy atom. The van der Waals surface area contributed by atoms with E-state index in [-0.39, 0.29) is 11.6 Å². The van der Waals surface area contributed by atoms with E-state index in [0.717, 1.165) is 0 Å². The monoisotopic (exact) mass is 261 g/mol. The first-order valence-electron chi connectivity index (χ1n) is 5.76. The van der Waals surface area contributed by atoms with Crippen molar-refractivity contribution in [1.29, 1.82) is 0 Å². The zero-order valence-electron chi connectivity index (χ0n) is 10.3. The lowest BCUT2D eigenvalue weighted by Crippen LogP contribution is -2.05. The fourth-order valence-corrected chi connectivity index (χ4v) is 1.42. The third kappa shape index (κ3) is 3.28. The minimum atomic E-state index is -0.473. The summed E-state index contributed by atoms with van der Waals surface area (Å²) < 4.78 is 23.4. The molecule has 1 aromatic carbocycles. The zero-order valence-corrected chi connectivity index (χ0v) is 10.3. The van der Waals surface area contributed by atoms with Crippen LogP contribution in [-0.4, -0.2) is 17.6 Å². The molecule has 19 heavy (non-hydrogen) atoms. The molecule has 0 amide bonds. The van der Waals surface area contributed by atoms with Gasteiger partial charge in [0.15, 0.2) is 11.6 Å². The largest absolute Gasteiger partial charge is 0.462 e. The molecule has 0 saturated heterocycles. The van der Waals surface area contributed by atoms with Crippen LogP contribution in [0.4, 0.5) is 4.39 Å². The van der Waals surface area contributed by atoms with Gasteiger partial charge < -0.3 is 9.47 Å². The summed E-state index contributed by atoms with van der Waals surface area (Å²) in [6.45, 7) is 2.02. The highest BCUT2D eigenvalue weighted by Crippen LogP contribution is 2.22. The van der Waals surface area contributed by atoms with Gasteiger partial charge in [0.25, 0.3) is 0 Å². The molecule has 4 nitrogen and oxygen atoms in total. The van der Waals surface area contributed by atoms with Gasteiger partial charge in [0.1, 0.15) is 0 Å². The molecular formula is C14H12FNO3. The second-order valence-corrected chi connectivity index (χ2v) is 3.64. The van der Waals surface area contributed by atoms with Crippen molar-refractivity contribution >= 4 is 5.97 Å². The maximum absolute atomic E-state index is 13.4. The number of hydrogen-bond acceptors (Lipinski definition) is 4. The van der Waals surface area contributed by atoms with Crippen molar-refractivity contribution in [1.82, 2.24) is 4.98 Å². The summed E-state index contributed by atoms with van der Waals surface area (Å²) in [7, 11) is 0. The summed E-state index contributed by atoms with van der Waals surface area (Å²) in [5.41, 5.74) is 0.322. The van der Waals surface area contributed by atoms with Crippen LogP contribution < -0.4 is 4.74 Å². The first kappa shape index (κ1) is 13.0.